The van der Waals surface area contributed by atoms with Gasteiger partial charge < -0.3 is 15.0 Å². The summed E-state index contributed by atoms with van der Waals surface area (Å²) >= 11 is 2.28. The van der Waals surface area contributed by atoms with E-state index in [4.69, 9.17) is 4.74 Å². The number of ether oxygens (including phenoxy) is 1. The Morgan fingerprint density at radius 3 is 2.45 bits per heavy atom. The molecule has 0 saturated carbocycles. The summed E-state index contributed by atoms with van der Waals surface area (Å²) in [6, 6.07) is 0. The van der Waals surface area contributed by atoms with Gasteiger partial charge in [-0.2, -0.15) is 0 Å². The molecule has 0 unspecified atom stereocenters. The number of nitrogens with one attached hydrogen (secondary N) is 1. The van der Waals surface area contributed by atoms with Crippen LogP contribution in [0.3, 0.4) is 0 Å². The van der Waals surface area contributed by atoms with Crippen molar-refractivity contribution in [2.75, 3.05) is 38.6 Å². The molecule has 0 aliphatic heterocycles. The molecule has 20 heavy (non-hydrogen) atoms. The molecule has 0 bridgehead atoms. The van der Waals surface area contributed by atoms with Gasteiger partial charge in [0.15, 0.2) is 0 Å². The fourth-order valence-electron chi connectivity index (χ4n) is 1.97. The van der Waals surface area contributed by atoms with Gasteiger partial charge in [0.2, 0.25) is 0 Å². The average Bonchev–Trinajstić information content (AvgIpc) is 2.45. The molecule has 1 aromatic heterocycles. The lowest BCUT2D eigenvalue weighted by atomic mass is 10.3. The van der Waals surface area contributed by atoms with Crippen molar-refractivity contribution in [3.8, 4) is 0 Å². The number of aromatic nitrogens is 2. The monoisotopic (exact) mass is 392 g/mol. The van der Waals surface area contributed by atoms with Gasteiger partial charge in [-0.05, 0) is 42.6 Å². The summed E-state index contributed by atoms with van der Waals surface area (Å²) in [5.41, 5.74) is 0.966. The molecule has 0 radical (unpaired) electrons. The lowest BCUT2D eigenvalue weighted by molar-refractivity contribution is 0.180. The molecular weight excluding hydrogens is 367 g/mol. The molecule has 5 nitrogen and oxygen atoms in total. The Morgan fingerprint density at radius 2 is 1.90 bits per heavy atom. The standard InChI is InChI=1S/C14H25IN4O/c1-5-16-14-13(15)11(10-20-4)17-12(18-14)8-9-19(6-2)7-3/h5-10H2,1-4H3,(H,16,17,18). The lowest BCUT2D eigenvalue weighted by Crippen LogP contribution is -2.26. The Kier molecular flexibility index (Phi) is 8.32. The quantitative estimate of drug-likeness (QED) is 0.655. The zero-order valence-corrected chi connectivity index (χ0v) is 15.0. The predicted molar refractivity (Wildman–Crippen MR) is 91.1 cm³/mol. The molecule has 0 aliphatic rings. The Labute approximate surface area is 135 Å². The Morgan fingerprint density at radius 1 is 1.20 bits per heavy atom. The van der Waals surface area contributed by atoms with Gasteiger partial charge >= 0.3 is 0 Å². The van der Waals surface area contributed by atoms with Crippen molar-refractivity contribution in [2.24, 2.45) is 0 Å². The molecule has 0 aliphatic carbocycles. The van der Waals surface area contributed by atoms with E-state index < -0.39 is 0 Å². The molecule has 0 aromatic carbocycles. The fraction of sp³-hybridized carbons (Fsp3) is 0.714. The first-order valence-corrected chi connectivity index (χ1v) is 8.24. The predicted octanol–water partition coefficient (Wildman–Crippen LogP) is 2.54. The smallest absolute Gasteiger partial charge is 0.143 e. The highest BCUT2D eigenvalue weighted by Crippen LogP contribution is 2.20. The van der Waals surface area contributed by atoms with Crippen molar-refractivity contribution >= 4 is 28.4 Å². The summed E-state index contributed by atoms with van der Waals surface area (Å²) in [5, 5.41) is 3.30. The van der Waals surface area contributed by atoms with Gasteiger partial charge in [-0.25, -0.2) is 9.97 Å². The number of hydrogen-bond donors (Lipinski definition) is 1. The molecule has 114 valence electrons. The molecule has 0 amide bonds. The number of likely N-dealkylation sites (N-methyl/N-ethyl adjacent to an activating group) is 1. The molecule has 0 spiro atoms. The summed E-state index contributed by atoms with van der Waals surface area (Å²) in [6.45, 7) is 10.9. The van der Waals surface area contributed by atoms with Gasteiger partial charge in [0.05, 0.1) is 15.9 Å². The molecule has 6 heteroatoms. The van der Waals surface area contributed by atoms with Crippen molar-refractivity contribution in [3.05, 3.63) is 15.1 Å². The van der Waals surface area contributed by atoms with Gasteiger partial charge in [-0.1, -0.05) is 13.8 Å². The number of hydrogen-bond acceptors (Lipinski definition) is 5. The summed E-state index contributed by atoms with van der Waals surface area (Å²) in [4.78, 5) is 11.6. The van der Waals surface area contributed by atoms with Crippen LogP contribution in [0.25, 0.3) is 0 Å². The van der Waals surface area contributed by atoms with Gasteiger partial charge in [0.1, 0.15) is 11.6 Å². The summed E-state index contributed by atoms with van der Waals surface area (Å²) in [6.07, 6.45) is 0.869. The van der Waals surface area contributed by atoms with Gasteiger partial charge in [0.25, 0.3) is 0 Å². The zero-order valence-electron chi connectivity index (χ0n) is 12.9. The van der Waals surface area contributed by atoms with E-state index in [1.165, 1.54) is 0 Å². The van der Waals surface area contributed by atoms with E-state index in [0.29, 0.717) is 6.61 Å². The maximum Gasteiger partial charge on any atom is 0.143 e. The molecule has 1 rings (SSSR count). The van der Waals surface area contributed by atoms with Gasteiger partial charge in [-0.15, -0.1) is 0 Å². The highest BCUT2D eigenvalue weighted by Gasteiger charge is 2.12. The van der Waals surface area contributed by atoms with Crippen LogP contribution in [-0.2, 0) is 17.8 Å². The molecule has 1 heterocycles. The van der Waals surface area contributed by atoms with E-state index in [2.05, 4.69) is 63.5 Å². The van der Waals surface area contributed by atoms with Crippen LogP contribution in [0.1, 0.15) is 32.3 Å². The third-order valence-electron chi connectivity index (χ3n) is 3.14. The third-order valence-corrected chi connectivity index (χ3v) is 4.27. The Bertz CT molecular complexity index is 383. The number of methoxy groups -OCH3 is 1. The normalized spacial score (nSPS) is 11.1. The van der Waals surface area contributed by atoms with Crippen molar-refractivity contribution in [2.45, 2.75) is 33.8 Å². The van der Waals surface area contributed by atoms with Crippen LogP contribution in [0.2, 0.25) is 0 Å². The van der Waals surface area contributed by atoms with E-state index in [9.17, 15) is 0 Å². The van der Waals surface area contributed by atoms with Crippen LogP contribution in [0, 0.1) is 3.57 Å². The van der Waals surface area contributed by atoms with Crippen LogP contribution in [0.5, 0.6) is 0 Å². The molecular formula is C14H25IN4O. The minimum absolute atomic E-state index is 0.525. The van der Waals surface area contributed by atoms with Crippen molar-refractivity contribution < 1.29 is 4.74 Å². The van der Waals surface area contributed by atoms with E-state index in [1.807, 2.05) is 0 Å². The molecule has 1 N–H and O–H groups in total. The fourth-order valence-corrected chi connectivity index (χ4v) is 2.56. The SMILES string of the molecule is CCNc1nc(CCN(CC)CC)nc(COC)c1I. The molecule has 1 aromatic rings. The zero-order chi connectivity index (χ0) is 15.0. The molecule has 0 saturated heterocycles. The highest BCUT2D eigenvalue weighted by molar-refractivity contribution is 14.1. The summed E-state index contributed by atoms with van der Waals surface area (Å²) in [5.74, 6) is 1.81. The minimum Gasteiger partial charge on any atom is -0.378 e. The van der Waals surface area contributed by atoms with Crippen molar-refractivity contribution in [3.63, 3.8) is 0 Å². The van der Waals surface area contributed by atoms with Gasteiger partial charge in [-0.3, -0.25) is 0 Å². The first-order valence-electron chi connectivity index (χ1n) is 7.16. The number of halogens is 1. The van der Waals surface area contributed by atoms with Crippen molar-refractivity contribution in [1.82, 2.24) is 14.9 Å². The van der Waals surface area contributed by atoms with Crippen LogP contribution in [0.15, 0.2) is 0 Å². The highest BCUT2D eigenvalue weighted by atomic mass is 127. The largest absolute Gasteiger partial charge is 0.378 e. The van der Waals surface area contributed by atoms with E-state index in [-0.39, 0.29) is 0 Å². The second-order valence-corrected chi connectivity index (χ2v) is 5.57. The number of anilines is 1. The average molecular weight is 392 g/mol. The van der Waals surface area contributed by atoms with E-state index in [1.54, 1.807) is 7.11 Å². The van der Waals surface area contributed by atoms with E-state index in [0.717, 1.165) is 53.5 Å². The van der Waals surface area contributed by atoms with E-state index >= 15 is 0 Å². The molecule has 0 fully saturated rings. The van der Waals surface area contributed by atoms with Crippen LogP contribution in [0.4, 0.5) is 5.82 Å². The first-order chi connectivity index (χ1) is 9.65. The van der Waals surface area contributed by atoms with Crippen LogP contribution >= 0.6 is 22.6 Å². The summed E-state index contributed by atoms with van der Waals surface area (Å²) < 4.78 is 6.29. The first kappa shape index (κ1) is 17.6. The molecule has 0 atom stereocenters. The second kappa shape index (κ2) is 9.46. The van der Waals surface area contributed by atoms with Gasteiger partial charge in [0, 0.05) is 26.6 Å². The Balaban J connectivity index is 2.89. The minimum atomic E-state index is 0.525. The maximum atomic E-state index is 5.23. The topological polar surface area (TPSA) is 50.3 Å². The second-order valence-electron chi connectivity index (χ2n) is 4.49. The maximum absolute atomic E-state index is 5.23. The van der Waals surface area contributed by atoms with Crippen LogP contribution in [-0.4, -0.2) is 48.2 Å². The summed E-state index contributed by atoms with van der Waals surface area (Å²) in [7, 11) is 1.70. The van der Waals surface area contributed by atoms with Crippen LogP contribution < -0.4 is 5.32 Å². The number of rotatable bonds is 9. The lowest BCUT2D eigenvalue weighted by Gasteiger charge is -2.18. The number of nitrogens with zero attached hydrogens (tertiary/aromatic N) is 3. The third kappa shape index (κ3) is 5.14. The van der Waals surface area contributed by atoms with Crippen molar-refractivity contribution in [1.29, 1.82) is 0 Å². The Hall–Kier alpha value is -0.470.